The lowest BCUT2D eigenvalue weighted by atomic mass is 10.0. The number of unbranched alkanes of at least 4 members (excludes halogenated alkanes) is 31. The van der Waals surface area contributed by atoms with Crippen LogP contribution in [0.5, 0.6) is 0 Å². The third kappa shape index (κ3) is 41.8. The average molecular weight is 776 g/mol. The number of ether oxygens (including phenoxy) is 1. The number of hydrogen-bond acceptors (Lipinski definition) is 5. The number of carbonyl (C=O) groups excluding carboxylic acids is 2. The Morgan fingerprint density at radius 2 is 0.873 bits per heavy atom. The van der Waals surface area contributed by atoms with Crippen molar-refractivity contribution >= 4 is 11.9 Å². The molecule has 0 saturated carbocycles. The van der Waals surface area contributed by atoms with E-state index in [0.717, 1.165) is 57.8 Å². The summed E-state index contributed by atoms with van der Waals surface area (Å²) >= 11 is 0. The molecule has 6 heteroatoms. The number of aliphatic hydroxyl groups excluding tert-OH is 2. The van der Waals surface area contributed by atoms with Crippen molar-refractivity contribution in [3.63, 3.8) is 0 Å². The molecule has 0 radical (unpaired) electrons. The molecular weight excluding hydrogens is 683 g/mol. The van der Waals surface area contributed by atoms with Crippen LogP contribution in [0.1, 0.15) is 251 Å². The van der Waals surface area contributed by atoms with Crippen LogP contribution in [-0.4, -0.2) is 47.4 Å². The molecule has 324 valence electrons. The van der Waals surface area contributed by atoms with Crippen molar-refractivity contribution in [1.29, 1.82) is 0 Å². The van der Waals surface area contributed by atoms with Crippen molar-refractivity contribution in [3.05, 3.63) is 24.3 Å². The molecule has 1 amide bonds. The molecule has 0 bridgehead atoms. The highest BCUT2D eigenvalue weighted by molar-refractivity contribution is 5.76. The predicted molar refractivity (Wildman–Crippen MR) is 236 cm³/mol. The molecule has 0 aliphatic carbocycles. The fourth-order valence-electron chi connectivity index (χ4n) is 7.20. The van der Waals surface area contributed by atoms with E-state index in [0.29, 0.717) is 19.4 Å². The molecule has 0 fully saturated rings. The van der Waals surface area contributed by atoms with E-state index in [9.17, 15) is 19.8 Å². The first-order valence-corrected chi connectivity index (χ1v) is 24.1. The highest BCUT2D eigenvalue weighted by Gasteiger charge is 2.18. The van der Waals surface area contributed by atoms with Crippen LogP contribution in [0.15, 0.2) is 24.3 Å². The zero-order chi connectivity index (χ0) is 40.1. The van der Waals surface area contributed by atoms with Crippen LogP contribution in [0.3, 0.4) is 0 Å². The third-order valence-corrected chi connectivity index (χ3v) is 11.0. The summed E-state index contributed by atoms with van der Waals surface area (Å²) in [6.07, 6.45) is 51.6. The SMILES string of the molecule is CCCC/C=C\CCCCCCCC(=O)OCCCCCCCCCCCCCCCCC(=O)NC(CO)C(O)/C=C/CCCCCCCCCCCCC. The number of nitrogens with one attached hydrogen (secondary N) is 1. The molecule has 3 N–H and O–H groups in total. The number of aliphatic hydroxyl groups is 2. The van der Waals surface area contributed by atoms with Gasteiger partial charge in [-0.25, -0.2) is 0 Å². The van der Waals surface area contributed by atoms with Crippen LogP contribution in [0, 0.1) is 0 Å². The Morgan fingerprint density at radius 1 is 0.491 bits per heavy atom. The van der Waals surface area contributed by atoms with Gasteiger partial charge in [-0.2, -0.15) is 0 Å². The maximum atomic E-state index is 12.4. The first-order valence-electron chi connectivity index (χ1n) is 24.1. The molecule has 0 aliphatic rings. The lowest BCUT2D eigenvalue weighted by Gasteiger charge is -2.20. The van der Waals surface area contributed by atoms with Crippen LogP contribution in [0.2, 0.25) is 0 Å². The number of carbonyl (C=O) groups is 2. The second-order valence-electron chi connectivity index (χ2n) is 16.4. The first-order chi connectivity index (χ1) is 27.0. The van der Waals surface area contributed by atoms with Gasteiger partial charge in [0.15, 0.2) is 0 Å². The van der Waals surface area contributed by atoms with E-state index in [1.54, 1.807) is 6.08 Å². The Morgan fingerprint density at radius 3 is 1.35 bits per heavy atom. The van der Waals surface area contributed by atoms with Gasteiger partial charge >= 0.3 is 5.97 Å². The molecule has 0 aliphatic heterocycles. The molecule has 0 aromatic rings. The Labute approximate surface area is 341 Å². The zero-order valence-corrected chi connectivity index (χ0v) is 36.7. The van der Waals surface area contributed by atoms with Gasteiger partial charge in [0.2, 0.25) is 5.91 Å². The molecule has 0 aromatic heterocycles. The lowest BCUT2D eigenvalue weighted by molar-refractivity contribution is -0.143. The van der Waals surface area contributed by atoms with Gasteiger partial charge in [-0.1, -0.05) is 212 Å². The predicted octanol–water partition coefficient (Wildman–Crippen LogP) is 14.0. The standard InChI is InChI=1S/C49H93NO5/c1-3-5-7-9-11-13-15-18-22-25-29-33-37-41-47(52)46(45-51)50-48(53)42-38-34-30-26-23-19-16-17-20-24-28-32-36-40-44-55-49(54)43-39-35-31-27-21-14-12-10-8-6-4-2/h10,12,37,41,46-47,51-52H,3-9,11,13-36,38-40,42-45H2,1-2H3,(H,50,53)/b12-10-,41-37+. The fraction of sp³-hybridized carbons (Fsp3) is 0.878. The van der Waals surface area contributed by atoms with E-state index in [2.05, 4.69) is 31.3 Å². The van der Waals surface area contributed by atoms with Crippen molar-refractivity contribution in [3.8, 4) is 0 Å². The highest BCUT2D eigenvalue weighted by Crippen LogP contribution is 2.15. The Balaban J connectivity index is 3.49. The van der Waals surface area contributed by atoms with Crippen molar-refractivity contribution in [1.82, 2.24) is 5.32 Å². The van der Waals surface area contributed by atoms with Gasteiger partial charge in [-0.15, -0.1) is 0 Å². The molecule has 2 unspecified atom stereocenters. The smallest absolute Gasteiger partial charge is 0.305 e. The minimum Gasteiger partial charge on any atom is -0.466 e. The van der Waals surface area contributed by atoms with Crippen molar-refractivity contribution in [2.24, 2.45) is 0 Å². The molecule has 0 heterocycles. The van der Waals surface area contributed by atoms with Gasteiger partial charge in [0.05, 0.1) is 25.4 Å². The van der Waals surface area contributed by atoms with E-state index in [1.165, 1.54) is 167 Å². The quantitative estimate of drug-likeness (QED) is 0.0325. The third-order valence-electron chi connectivity index (χ3n) is 11.0. The lowest BCUT2D eigenvalue weighted by Crippen LogP contribution is -2.45. The van der Waals surface area contributed by atoms with E-state index in [1.807, 2.05) is 6.08 Å². The first kappa shape index (κ1) is 53.3. The number of allylic oxidation sites excluding steroid dienone is 3. The molecule has 0 spiro atoms. The van der Waals surface area contributed by atoms with E-state index in [4.69, 9.17) is 4.74 Å². The largest absolute Gasteiger partial charge is 0.466 e. The van der Waals surface area contributed by atoms with Crippen LogP contribution in [0.4, 0.5) is 0 Å². The van der Waals surface area contributed by atoms with Gasteiger partial charge < -0.3 is 20.3 Å². The van der Waals surface area contributed by atoms with Crippen molar-refractivity contribution < 1.29 is 24.5 Å². The maximum Gasteiger partial charge on any atom is 0.305 e. The maximum absolute atomic E-state index is 12.4. The summed E-state index contributed by atoms with van der Waals surface area (Å²) < 4.78 is 5.43. The summed E-state index contributed by atoms with van der Waals surface area (Å²) in [7, 11) is 0. The van der Waals surface area contributed by atoms with E-state index >= 15 is 0 Å². The molecule has 6 nitrogen and oxygen atoms in total. The summed E-state index contributed by atoms with van der Waals surface area (Å²) in [5.74, 6) is -0.0949. The molecule has 2 atom stereocenters. The molecule has 0 rings (SSSR count). The monoisotopic (exact) mass is 776 g/mol. The van der Waals surface area contributed by atoms with Crippen molar-refractivity contribution in [2.75, 3.05) is 13.2 Å². The van der Waals surface area contributed by atoms with E-state index in [-0.39, 0.29) is 18.5 Å². The number of rotatable bonds is 44. The van der Waals surface area contributed by atoms with Crippen LogP contribution in [-0.2, 0) is 14.3 Å². The second kappa shape index (κ2) is 45.0. The van der Waals surface area contributed by atoms with Crippen LogP contribution < -0.4 is 5.32 Å². The Hall–Kier alpha value is -1.66. The number of hydrogen-bond donors (Lipinski definition) is 3. The van der Waals surface area contributed by atoms with Gasteiger partial charge in [0.25, 0.3) is 0 Å². The molecule has 0 saturated heterocycles. The summed E-state index contributed by atoms with van der Waals surface area (Å²) in [4.78, 5) is 24.4. The normalized spacial score (nSPS) is 12.9. The van der Waals surface area contributed by atoms with Gasteiger partial charge in [-0.05, 0) is 51.4 Å². The Kier molecular flexibility index (Phi) is 43.7. The highest BCUT2D eigenvalue weighted by atomic mass is 16.5. The topological polar surface area (TPSA) is 95.9 Å². The molecular formula is C49H93NO5. The molecule has 0 aromatic carbocycles. The minimum atomic E-state index is -0.850. The summed E-state index contributed by atoms with van der Waals surface area (Å²) in [5.41, 5.74) is 0. The fourth-order valence-corrected chi connectivity index (χ4v) is 7.20. The minimum absolute atomic E-state index is 0.0151. The van der Waals surface area contributed by atoms with Crippen LogP contribution >= 0.6 is 0 Å². The Bertz CT molecular complexity index is 858. The zero-order valence-electron chi connectivity index (χ0n) is 36.7. The van der Waals surface area contributed by atoms with Gasteiger partial charge in [-0.3, -0.25) is 9.59 Å². The van der Waals surface area contributed by atoms with Crippen molar-refractivity contribution in [2.45, 2.75) is 264 Å². The van der Waals surface area contributed by atoms with Crippen LogP contribution in [0.25, 0.3) is 0 Å². The summed E-state index contributed by atoms with van der Waals surface area (Å²) in [5, 5.41) is 23.0. The summed E-state index contributed by atoms with van der Waals surface area (Å²) in [6.45, 7) is 4.83. The number of amides is 1. The molecule has 55 heavy (non-hydrogen) atoms. The van der Waals surface area contributed by atoms with Gasteiger partial charge in [0, 0.05) is 12.8 Å². The second-order valence-corrected chi connectivity index (χ2v) is 16.4. The average Bonchev–Trinajstić information content (AvgIpc) is 3.18. The van der Waals surface area contributed by atoms with Gasteiger partial charge in [0.1, 0.15) is 0 Å². The summed E-state index contributed by atoms with van der Waals surface area (Å²) in [6, 6.07) is -0.634. The number of esters is 1. The van der Waals surface area contributed by atoms with E-state index < -0.39 is 12.1 Å².